The molecule has 0 amide bonds. The Morgan fingerprint density at radius 1 is 1.29 bits per heavy atom. The van der Waals surface area contributed by atoms with E-state index in [1.807, 2.05) is 12.1 Å². The van der Waals surface area contributed by atoms with Gasteiger partial charge in [0.05, 0.1) is 20.2 Å². The second-order valence-corrected chi connectivity index (χ2v) is 5.94. The number of guanidine groups is 1. The van der Waals surface area contributed by atoms with Gasteiger partial charge in [-0.05, 0) is 25.8 Å². The van der Waals surface area contributed by atoms with Crippen molar-refractivity contribution >= 4 is 29.9 Å². The van der Waals surface area contributed by atoms with Gasteiger partial charge in [-0.3, -0.25) is 4.99 Å². The van der Waals surface area contributed by atoms with Crippen LogP contribution in [-0.2, 0) is 5.41 Å². The fourth-order valence-electron chi connectivity index (χ4n) is 3.35. The van der Waals surface area contributed by atoms with Crippen LogP contribution in [0.15, 0.2) is 29.3 Å². The number of rotatable bonds is 6. The van der Waals surface area contributed by atoms with Gasteiger partial charge in [-0.15, -0.1) is 30.4 Å². The van der Waals surface area contributed by atoms with Gasteiger partial charge in [-0.2, -0.15) is 0 Å². The number of hydrogen-bond donors (Lipinski definition) is 2. The predicted octanol–water partition coefficient (Wildman–Crippen LogP) is 3.31. The maximum atomic E-state index is 5.60. The number of hydrogen-bond acceptors (Lipinski definition) is 2. The van der Waals surface area contributed by atoms with Crippen LogP contribution in [0.1, 0.15) is 38.2 Å². The normalized spacial score (nSPS) is 16.0. The number of aliphatic imine (C=N–C) groups is 1. The molecule has 1 aromatic rings. The Labute approximate surface area is 162 Å². The van der Waals surface area contributed by atoms with Crippen molar-refractivity contribution in [1.29, 1.82) is 0 Å². The van der Waals surface area contributed by atoms with Crippen molar-refractivity contribution in [3.63, 3.8) is 0 Å². The molecular weight excluding hydrogens is 413 g/mol. The van der Waals surface area contributed by atoms with E-state index in [0.29, 0.717) is 6.54 Å². The van der Waals surface area contributed by atoms with Crippen LogP contribution in [0, 0.1) is 12.3 Å². The van der Waals surface area contributed by atoms with Crippen LogP contribution in [0.5, 0.6) is 5.75 Å². The van der Waals surface area contributed by atoms with Gasteiger partial charge in [0.2, 0.25) is 0 Å². The minimum absolute atomic E-state index is 0. The maximum absolute atomic E-state index is 5.60. The van der Waals surface area contributed by atoms with E-state index in [9.17, 15) is 0 Å². The van der Waals surface area contributed by atoms with E-state index >= 15 is 0 Å². The summed E-state index contributed by atoms with van der Waals surface area (Å²) in [6.07, 6.45) is 10.1. The van der Waals surface area contributed by atoms with Crippen molar-refractivity contribution in [1.82, 2.24) is 10.6 Å². The summed E-state index contributed by atoms with van der Waals surface area (Å²) in [5.41, 5.74) is 1.34. The van der Waals surface area contributed by atoms with Gasteiger partial charge in [0.15, 0.2) is 5.96 Å². The molecular formula is C19H28IN3O. The predicted molar refractivity (Wildman–Crippen MR) is 111 cm³/mol. The third-order valence-electron chi connectivity index (χ3n) is 4.48. The van der Waals surface area contributed by atoms with Gasteiger partial charge in [0.1, 0.15) is 5.75 Å². The first-order chi connectivity index (χ1) is 11.3. The van der Waals surface area contributed by atoms with Crippen LogP contribution >= 0.6 is 24.0 Å². The maximum Gasteiger partial charge on any atom is 0.192 e. The number of methoxy groups -OCH3 is 1. The van der Waals surface area contributed by atoms with E-state index in [1.54, 1.807) is 7.11 Å². The first-order valence-corrected chi connectivity index (χ1v) is 8.35. The van der Waals surface area contributed by atoms with Crippen LogP contribution in [0.4, 0.5) is 0 Å². The molecule has 0 radical (unpaired) electrons. The molecule has 0 aromatic heterocycles. The lowest BCUT2D eigenvalue weighted by Gasteiger charge is -2.29. The molecule has 0 saturated heterocycles. The summed E-state index contributed by atoms with van der Waals surface area (Å²) >= 11 is 0. The largest absolute Gasteiger partial charge is 0.496 e. The van der Waals surface area contributed by atoms with E-state index in [0.717, 1.165) is 37.6 Å². The fraction of sp³-hybridized carbons (Fsp3) is 0.526. The molecule has 1 fully saturated rings. The number of terminal acetylenes is 1. The first-order valence-electron chi connectivity index (χ1n) is 8.35. The average molecular weight is 441 g/mol. The summed E-state index contributed by atoms with van der Waals surface area (Å²) in [5.74, 6) is 4.34. The van der Waals surface area contributed by atoms with E-state index < -0.39 is 0 Å². The van der Waals surface area contributed by atoms with Crippen molar-refractivity contribution in [3.8, 4) is 18.1 Å². The number of nitrogens with zero attached hydrogens (tertiary/aromatic N) is 1. The highest BCUT2D eigenvalue weighted by Gasteiger charge is 2.37. The molecule has 0 spiro atoms. The molecule has 1 aliphatic rings. The average Bonchev–Trinajstić information content (AvgIpc) is 3.07. The summed E-state index contributed by atoms with van der Waals surface area (Å²) in [6.45, 7) is 4.09. The topological polar surface area (TPSA) is 45.7 Å². The Morgan fingerprint density at radius 2 is 2.00 bits per heavy atom. The molecule has 0 aliphatic heterocycles. The molecule has 5 heteroatoms. The van der Waals surface area contributed by atoms with Gasteiger partial charge < -0.3 is 15.4 Å². The highest BCUT2D eigenvalue weighted by Crippen LogP contribution is 2.44. The first kappa shape index (κ1) is 20.6. The third-order valence-corrected chi connectivity index (χ3v) is 4.48. The molecule has 1 saturated carbocycles. The van der Waals surface area contributed by atoms with Crippen molar-refractivity contribution in [2.45, 2.75) is 38.0 Å². The molecule has 132 valence electrons. The third kappa shape index (κ3) is 5.04. The van der Waals surface area contributed by atoms with Gasteiger partial charge in [0.25, 0.3) is 0 Å². The van der Waals surface area contributed by atoms with Gasteiger partial charge in [0, 0.05) is 17.5 Å². The zero-order valence-electron chi connectivity index (χ0n) is 14.6. The number of benzene rings is 1. The molecule has 0 heterocycles. The number of halogens is 1. The summed E-state index contributed by atoms with van der Waals surface area (Å²) in [5, 5.41) is 6.41. The number of nitrogens with one attached hydrogen (secondary N) is 2. The minimum Gasteiger partial charge on any atom is -0.496 e. The number of para-hydroxylation sites is 1. The zero-order valence-corrected chi connectivity index (χ0v) is 16.9. The molecule has 1 aliphatic carbocycles. The molecule has 24 heavy (non-hydrogen) atoms. The fourth-order valence-corrected chi connectivity index (χ4v) is 3.35. The van der Waals surface area contributed by atoms with Crippen molar-refractivity contribution < 1.29 is 4.74 Å². The summed E-state index contributed by atoms with van der Waals surface area (Å²) in [6, 6.07) is 8.33. The molecule has 0 unspecified atom stereocenters. The lowest BCUT2D eigenvalue weighted by atomic mass is 9.78. The highest BCUT2D eigenvalue weighted by atomic mass is 127. The standard InChI is InChI=1S/C19H27N3O.HI/c1-4-14-21-18(20-5-2)22-15-19(12-8-9-13-19)16-10-6-7-11-17(16)23-3;/h1,6-7,10-11H,5,8-9,12-15H2,2-3H3,(H2,20,21,22);1H. The van der Waals surface area contributed by atoms with E-state index in [1.165, 1.54) is 18.4 Å². The van der Waals surface area contributed by atoms with E-state index in [2.05, 4.69) is 35.6 Å². The van der Waals surface area contributed by atoms with Crippen LogP contribution in [0.3, 0.4) is 0 Å². The van der Waals surface area contributed by atoms with Crippen molar-refractivity contribution in [2.75, 3.05) is 26.7 Å². The molecule has 0 bridgehead atoms. The van der Waals surface area contributed by atoms with Crippen LogP contribution in [0.25, 0.3) is 0 Å². The summed E-state index contributed by atoms with van der Waals surface area (Å²) in [4.78, 5) is 4.80. The smallest absolute Gasteiger partial charge is 0.192 e. The van der Waals surface area contributed by atoms with Gasteiger partial charge in [-0.25, -0.2) is 0 Å². The van der Waals surface area contributed by atoms with E-state index in [-0.39, 0.29) is 29.4 Å². The SMILES string of the molecule is C#CCNC(=NCC1(c2ccccc2OC)CCCC1)NCC.I. The van der Waals surface area contributed by atoms with Crippen LogP contribution < -0.4 is 15.4 Å². The van der Waals surface area contributed by atoms with Gasteiger partial charge in [-0.1, -0.05) is 37.0 Å². The lowest BCUT2D eigenvalue weighted by molar-refractivity contribution is 0.378. The summed E-state index contributed by atoms with van der Waals surface area (Å²) < 4.78 is 5.60. The Morgan fingerprint density at radius 3 is 2.62 bits per heavy atom. The Bertz CT molecular complexity index is 574. The van der Waals surface area contributed by atoms with E-state index in [4.69, 9.17) is 16.2 Å². The summed E-state index contributed by atoms with van der Waals surface area (Å²) in [7, 11) is 1.74. The molecule has 0 atom stereocenters. The minimum atomic E-state index is 0. The number of ether oxygens (including phenoxy) is 1. The Balaban J connectivity index is 0.00000288. The van der Waals surface area contributed by atoms with Crippen LogP contribution in [-0.4, -0.2) is 32.7 Å². The van der Waals surface area contributed by atoms with Crippen molar-refractivity contribution in [3.05, 3.63) is 29.8 Å². The molecule has 4 nitrogen and oxygen atoms in total. The zero-order chi connectivity index (χ0) is 16.5. The van der Waals surface area contributed by atoms with Gasteiger partial charge >= 0.3 is 0 Å². The highest BCUT2D eigenvalue weighted by molar-refractivity contribution is 14.0. The quantitative estimate of drug-likeness (QED) is 0.308. The second-order valence-electron chi connectivity index (χ2n) is 5.94. The Hall–Kier alpha value is -1.42. The molecule has 1 aromatic carbocycles. The molecule has 2 rings (SSSR count). The van der Waals surface area contributed by atoms with Crippen molar-refractivity contribution in [2.24, 2.45) is 4.99 Å². The second kappa shape index (κ2) is 10.4. The lowest BCUT2D eigenvalue weighted by Crippen LogP contribution is -2.39. The Kier molecular flexibility index (Phi) is 8.98. The molecule has 2 N–H and O–H groups in total. The van der Waals surface area contributed by atoms with Crippen LogP contribution in [0.2, 0.25) is 0 Å². The monoisotopic (exact) mass is 441 g/mol.